The van der Waals surface area contributed by atoms with Crippen molar-refractivity contribution in [2.24, 2.45) is 0 Å². The molecule has 0 spiro atoms. The molecule has 0 saturated carbocycles. The fraction of sp³-hybridized carbons (Fsp3) is 0.278. The zero-order valence-corrected chi connectivity index (χ0v) is 13.6. The van der Waals surface area contributed by atoms with Gasteiger partial charge >= 0.3 is 0 Å². The standard InChI is InChI=1S/C18H16ClNO4/c19-12-5-6-14-11(7-12)8-17(24-14)18(21)20-9-13-10-22-15-3-1-2-4-16(15)23-13/h1-7,13,17H,8-10H2,(H,20,21). The number of hydrogen-bond donors (Lipinski definition) is 1. The maximum atomic E-state index is 12.3. The Morgan fingerprint density at radius 2 is 1.96 bits per heavy atom. The summed E-state index contributed by atoms with van der Waals surface area (Å²) in [6.45, 7) is 0.767. The van der Waals surface area contributed by atoms with Crippen LogP contribution >= 0.6 is 11.6 Å². The number of halogens is 1. The molecule has 1 N–H and O–H groups in total. The van der Waals surface area contributed by atoms with Crippen molar-refractivity contribution in [1.29, 1.82) is 0 Å². The van der Waals surface area contributed by atoms with Gasteiger partial charge in [-0.2, -0.15) is 0 Å². The molecule has 0 aliphatic carbocycles. The molecule has 2 heterocycles. The second kappa shape index (κ2) is 6.24. The number of carbonyl (C=O) groups excluding carboxylic acids is 1. The molecule has 0 bridgehead atoms. The Balaban J connectivity index is 1.32. The summed E-state index contributed by atoms with van der Waals surface area (Å²) in [5.74, 6) is 1.98. The van der Waals surface area contributed by atoms with Crippen molar-refractivity contribution in [3.05, 3.63) is 53.1 Å². The fourth-order valence-electron chi connectivity index (χ4n) is 2.86. The zero-order valence-electron chi connectivity index (χ0n) is 12.8. The Morgan fingerprint density at radius 3 is 2.83 bits per heavy atom. The number of carbonyl (C=O) groups is 1. The molecular formula is C18H16ClNO4. The number of rotatable bonds is 3. The predicted octanol–water partition coefficient (Wildman–Crippen LogP) is 2.60. The first-order valence-corrected chi connectivity index (χ1v) is 8.18. The first-order chi connectivity index (χ1) is 11.7. The van der Waals surface area contributed by atoms with Crippen LogP contribution < -0.4 is 19.5 Å². The van der Waals surface area contributed by atoms with Crippen LogP contribution in [0, 0.1) is 0 Å². The minimum Gasteiger partial charge on any atom is -0.486 e. The van der Waals surface area contributed by atoms with Gasteiger partial charge in [-0.1, -0.05) is 23.7 Å². The number of fused-ring (bicyclic) bond motifs is 2. The Morgan fingerprint density at radius 1 is 1.12 bits per heavy atom. The number of ether oxygens (including phenoxy) is 3. The van der Waals surface area contributed by atoms with Gasteiger partial charge in [-0.05, 0) is 35.9 Å². The largest absolute Gasteiger partial charge is 0.486 e. The number of benzene rings is 2. The van der Waals surface area contributed by atoms with E-state index in [2.05, 4.69) is 5.32 Å². The SMILES string of the molecule is O=C(NCC1COc2ccccc2O1)C1Cc2cc(Cl)ccc2O1. The molecule has 1 amide bonds. The summed E-state index contributed by atoms with van der Waals surface area (Å²) in [6, 6.07) is 12.9. The third-order valence-electron chi connectivity index (χ3n) is 4.06. The lowest BCUT2D eigenvalue weighted by Crippen LogP contribution is -2.45. The molecule has 124 valence electrons. The molecule has 0 fully saturated rings. The van der Waals surface area contributed by atoms with Crippen LogP contribution in [0.2, 0.25) is 5.02 Å². The summed E-state index contributed by atoms with van der Waals surface area (Å²) in [5.41, 5.74) is 0.953. The average Bonchev–Trinajstić information content (AvgIpc) is 3.02. The molecule has 5 nitrogen and oxygen atoms in total. The van der Waals surface area contributed by atoms with E-state index < -0.39 is 6.10 Å². The quantitative estimate of drug-likeness (QED) is 0.929. The Kier molecular flexibility index (Phi) is 3.94. The highest BCUT2D eigenvalue weighted by atomic mass is 35.5. The van der Waals surface area contributed by atoms with Crippen molar-refractivity contribution < 1.29 is 19.0 Å². The van der Waals surface area contributed by atoms with Gasteiger partial charge in [0.15, 0.2) is 17.6 Å². The third kappa shape index (κ3) is 2.99. The maximum Gasteiger partial charge on any atom is 0.261 e. The van der Waals surface area contributed by atoms with Crippen LogP contribution in [-0.4, -0.2) is 31.3 Å². The lowest BCUT2D eigenvalue weighted by atomic mass is 10.1. The van der Waals surface area contributed by atoms with Crippen LogP contribution in [0.25, 0.3) is 0 Å². The van der Waals surface area contributed by atoms with E-state index in [-0.39, 0.29) is 12.0 Å². The highest BCUT2D eigenvalue weighted by molar-refractivity contribution is 6.30. The summed E-state index contributed by atoms with van der Waals surface area (Å²) in [4.78, 5) is 12.3. The molecule has 2 aliphatic rings. The molecule has 6 heteroatoms. The Hall–Kier alpha value is -2.40. The molecular weight excluding hydrogens is 330 g/mol. The van der Waals surface area contributed by atoms with Crippen LogP contribution in [0.1, 0.15) is 5.56 Å². The minimum atomic E-state index is -0.532. The zero-order chi connectivity index (χ0) is 16.5. The second-order valence-corrected chi connectivity index (χ2v) is 6.24. The van der Waals surface area contributed by atoms with Crippen LogP contribution in [0.3, 0.4) is 0 Å². The molecule has 2 atom stereocenters. The van der Waals surface area contributed by atoms with E-state index in [1.165, 1.54) is 0 Å². The summed E-state index contributed by atoms with van der Waals surface area (Å²) >= 11 is 5.97. The third-order valence-corrected chi connectivity index (χ3v) is 4.30. The number of amides is 1. The summed E-state index contributed by atoms with van der Waals surface area (Å²) < 4.78 is 17.1. The normalized spacial score (nSPS) is 20.9. The van der Waals surface area contributed by atoms with Gasteiger partial charge in [0.1, 0.15) is 18.5 Å². The van der Waals surface area contributed by atoms with Gasteiger partial charge in [-0.3, -0.25) is 4.79 Å². The van der Waals surface area contributed by atoms with E-state index in [0.29, 0.717) is 36.1 Å². The van der Waals surface area contributed by atoms with E-state index in [1.54, 1.807) is 12.1 Å². The van der Waals surface area contributed by atoms with Crippen molar-refractivity contribution in [1.82, 2.24) is 5.32 Å². The van der Waals surface area contributed by atoms with Gasteiger partial charge in [-0.15, -0.1) is 0 Å². The fourth-order valence-corrected chi connectivity index (χ4v) is 3.05. The smallest absolute Gasteiger partial charge is 0.261 e. The average molecular weight is 346 g/mol. The van der Waals surface area contributed by atoms with Gasteiger partial charge in [0.25, 0.3) is 5.91 Å². The molecule has 0 radical (unpaired) electrons. The van der Waals surface area contributed by atoms with Gasteiger partial charge < -0.3 is 19.5 Å². The van der Waals surface area contributed by atoms with Gasteiger partial charge in [0.2, 0.25) is 0 Å². The Labute approximate surface area is 144 Å². The molecule has 4 rings (SSSR count). The number of para-hydroxylation sites is 2. The van der Waals surface area contributed by atoms with Crippen LogP contribution in [0.15, 0.2) is 42.5 Å². The second-order valence-electron chi connectivity index (χ2n) is 5.81. The molecule has 0 aromatic heterocycles. The molecule has 2 aliphatic heterocycles. The maximum absolute atomic E-state index is 12.3. The molecule has 2 aromatic carbocycles. The molecule has 2 unspecified atom stereocenters. The number of nitrogens with one attached hydrogen (secondary N) is 1. The van der Waals surface area contributed by atoms with E-state index in [9.17, 15) is 4.79 Å². The van der Waals surface area contributed by atoms with Crippen molar-refractivity contribution in [2.75, 3.05) is 13.2 Å². The lowest BCUT2D eigenvalue weighted by Gasteiger charge is -2.26. The van der Waals surface area contributed by atoms with Crippen molar-refractivity contribution >= 4 is 17.5 Å². The minimum absolute atomic E-state index is 0.162. The monoisotopic (exact) mass is 345 g/mol. The molecule has 2 aromatic rings. The highest BCUT2D eigenvalue weighted by Crippen LogP contribution is 2.32. The topological polar surface area (TPSA) is 56.8 Å². The predicted molar refractivity (Wildman–Crippen MR) is 88.9 cm³/mol. The van der Waals surface area contributed by atoms with Crippen molar-refractivity contribution in [2.45, 2.75) is 18.6 Å². The highest BCUT2D eigenvalue weighted by Gasteiger charge is 2.30. The van der Waals surface area contributed by atoms with Crippen LogP contribution in [0.5, 0.6) is 17.2 Å². The molecule has 24 heavy (non-hydrogen) atoms. The van der Waals surface area contributed by atoms with Crippen LogP contribution in [-0.2, 0) is 11.2 Å². The lowest BCUT2D eigenvalue weighted by molar-refractivity contribution is -0.127. The van der Waals surface area contributed by atoms with Gasteiger partial charge in [0, 0.05) is 11.4 Å². The Bertz CT molecular complexity index is 779. The first kappa shape index (κ1) is 15.1. The van der Waals surface area contributed by atoms with Gasteiger partial charge in [-0.25, -0.2) is 0 Å². The van der Waals surface area contributed by atoms with E-state index in [4.69, 9.17) is 25.8 Å². The van der Waals surface area contributed by atoms with Gasteiger partial charge in [0.05, 0.1) is 6.54 Å². The first-order valence-electron chi connectivity index (χ1n) is 7.80. The van der Waals surface area contributed by atoms with Crippen molar-refractivity contribution in [3.8, 4) is 17.2 Å². The van der Waals surface area contributed by atoms with E-state index in [1.807, 2.05) is 30.3 Å². The van der Waals surface area contributed by atoms with E-state index in [0.717, 1.165) is 11.3 Å². The summed E-state index contributed by atoms with van der Waals surface area (Å²) in [7, 11) is 0. The summed E-state index contributed by atoms with van der Waals surface area (Å²) in [5, 5.41) is 3.52. The van der Waals surface area contributed by atoms with E-state index >= 15 is 0 Å². The van der Waals surface area contributed by atoms with Crippen LogP contribution in [0.4, 0.5) is 0 Å². The van der Waals surface area contributed by atoms with Crippen molar-refractivity contribution in [3.63, 3.8) is 0 Å². The summed E-state index contributed by atoms with van der Waals surface area (Å²) in [6.07, 6.45) is -0.232. The molecule has 0 saturated heterocycles. The number of hydrogen-bond acceptors (Lipinski definition) is 4.